The summed E-state index contributed by atoms with van der Waals surface area (Å²) in [7, 11) is 0. The van der Waals surface area contributed by atoms with Crippen molar-refractivity contribution in [3.63, 3.8) is 0 Å². The summed E-state index contributed by atoms with van der Waals surface area (Å²) in [4.78, 5) is 10.1. The number of nitrogens with zero attached hydrogens (tertiary/aromatic N) is 2. The molecule has 0 amide bonds. The Morgan fingerprint density at radius 1 is 1.00 bits per heavy atom. The van der Waals surface area contributed by atoms with E-state index in [1.165, 1.54) is 12.8 Å². The third kappa shape index (κ3) is 3.77. The van der Waals surface area contributed by atoms with Gasteiger partial charge in [0.25, 0.3) is 0 Å². The Morgan fingerprint density at radius 2 is 1.68 bits per heavy atom. The molecule has 1 radical (unpaired) electrons. The highest BCUT2D eigenvalue weighted by atomic mass is 32.1. The molecule has 3 rings (SSSR count). The first-order valence-corrected chi connectivity index (χ1v) is 9.50. The van der Waals surface area contributed by atoms with Gasteiger partial charge in [-0.25, -0.2) is 0 Å². The van der Waals surface area contributed by atoms with Crippen molar-refractivity contribution in [3.8, 4) is 0 Å². The number of amidine groups is 1. The Kier molecular flexibility index (Phi) is 5.87. The van der Waals surface area contributed by atoms with E-state index in [4.69, 9.17) is 22.2 Å². The van der Waals surface area contributed by atoms with E-state index in [2.05, 4.69) is 55.5 Å². The fraction of sp³-hybridized carbons (Fsp3) is 0.318. The van der Waals surface area contributed by atoms with E-state index in [0.717, 1.165) is 35.5 Å². The molecule has 3 heteroatoms. The predicted octanol–water partition coefficient (Wildman–Crippen LogP) is 5.09. The standard InChI is InChI=1S/C22H24N2S/c1-2-3-6-15-20-23-21(18-11-7-4-8-12-18)22(24-20,16-17-25)19-13-9-5-10-14-19/h4-5,7-14,17H,2-3,6,15-16H2,1H3/q+1. The van der Waals surface area contributed by atoms with E-state index in [-0.39, 0.29) is 0 Å². The highest BCUT2D eigenvalue weighted by Crippen LogP contribution is 2.33. The summed E-state index contributed by atoms with van der Waals surface area (Å²) < 4.78 is 0. The molecule has 0 saturated carbocycles. The molecule has 1 aliphatic rings. The Bertz CT molecular complexity index is 765. The third-order valence-corrected chi connectivity index (χ3v) is 4.80. The molecule has 25 heavy (non-hydrogen) atoms. The van der Waals surface area contributed by atoms with Crippen molar-refractivity contribution < 1.29 is 0 Å². The fourth-order valence-electron chi connectivity index (χ4n) is 3.36. The third-order valence-electron chi connectivity index (χ3n) is 4.63. The molecule has 0 aliphatic carbocycles. The van der Waals surface area contributed by atoms with Gasteiger partial charge in [-0.05, 0) is 16.8 Å². The average molecular weight is 349 g/mol. The minimum Gasteiger partial charge on any atom is -0.0933 e. The molecular weight excluding hydrogens is 324 g/mol. The fourth-order valence-corrected chi connectivity index (χ4v) is 3.60. The number of hydrogen-bond donors (Lipinski definition) is 0. The maximum Gasteiger partial charge on any atom is 0.335 e. The van der Waals surface area contributed by atoms with Crippen molar-refractivity contribution in [2.45, 2.75) is 44.6 Å². The highest BCUT2D eigenvalue weighted by molar-refractivity contribution is 7.78. The summed E-state index contributed by atoms with van der Waals surface area (Å²) in [6, 6.07) is 20.8. The van der Waals surface area contributed by atoms with E-state index in [9.17, 15) is 0 Å². The van der Waals surface area contributed by atoms with Crippen molar-refractivity contribution >= 4 is 29.1 Å². The quantitative estimate of drug-likeness (QED) is 0.482. The van der Waals surface area contributed by atoms with Crippen LogP contribution in [0.15, 0.2) is 65.7 Å². The van der Waals surface area contributed by atoms with Crippen molar-refractivity contribution in [1.29, 1.82) is 0 Å². The van der Waals surface area contributed by atoms with Crippen LogP contribution in [0.5, 0.6) is 0 Å². The maximum atomic E-state index is 5.26. The molecule has 1 unspecified atom stereocenters. The molecule has 1 atom stereocenters. The van der Waals surface area contributed by atoms with Gasteiger partial charge in [0, 0.05) is 17.5 Å². The largest absolute Gasteiger partial charge is 0.335 e. The van der Waals surface area contributed by atoms with Crippen LogP contribution >= 0.6 is 12.2 Å². The second-order valence-corrected chi connectivity index (χ2v) is 6.74. The molecule has 0 aromatic heterocycles. The number of unbranched alkanes of at least 4 members (excludes halogenated alkanes) is 2. The number of rotatable bonds is 8. The molecule has 2 aromatic carbocycles. The summed E-state index contributed by atoms with van der Waals surface area (Å²) in [5.74, 6) is 0.952. The van der Waals surface area contributed by atoms with Crippen LogP contribution in [0.25, 0.3) is 0 Å². The van der Waals surface area contributed by atoms with Crippen LogP contribution in [0, 0.1) is 0 Å². The second-order valence-electron chi connectivity index (χ2n) is 6.41. The molecule has 0 saturated heterocycles. The SMILES string of the molecule is CCCCCC1=[N+]C(CC=S)(c2ccccc2)C(c2ccccc2)=N1. The Morgan fingerprint density at radius 3 is 2.32 bits per heavy atom. The second kappa shape index (κ2) is 8.30. The van der Waals surface area contributed by atoms with Gasteiger partial charge in [-0.1, -0.05) is 97.6 Å². The van der Waals surface area contributed by atoms with Gasteiger partial charge in [-0.15, -0.1) is 0 Å². The van der Waals surface area contributed by atoms with Gasteiger partial charge < -0.3 is 0 Å². The molecule has 0 bridgehead atoms. The molecule has 0 fully saturated rings. The topological polar surface area (TPSA) is 26.5 Å². The molecule has 127 valence electrons. The van der Waals surface area contributed by atoms with Crippen molar-refractivity contribution in [1.82, 2.24) is 4.99 Å². The smallest absolute Gasteiger partial charge is 0.0933 e. The molecular formula is C22H24N2S+. The molecule has 2 nitrogen and oxygen atoms in total. The van der Waals surface area contributed by atoms with Gasteiger partial charge in [0.15, 0.2) is 0 Å². The number of thiocarbonyl (C=S) groups is 1. The Hall–Kier alpha value is -2.13. The summed E-state index contributed by atoms with van der Waals surface area (Å²) in [5.41, 5.74) is 2.81. The number of benzene rings is 2. The zero-order valence-electron chi connectivity index (χ0n) is 14.7. The summed E-state index contributed by atoms with van der Waals surface area (Å²) in [6.07, 6.45) is 5.14. The lowest BCUT2D eigenvalue weighted by Crippen LogP contribution is -2.39. The monoisotopic (exact) mass is 348 g/mol. The van der Waals surface area contributed by atoms with E-state index >= 15 is 0 Å². The molecule has 1 heterocycles. The van der Waals surface area contributed by atoms with Crippen LogP contribution < -0.4 is 4.99 Å². The summed E-state index contributed by atoms with van der Waals surface area (Å²) in [5, 5.41) is 1.80. The van der Waals surface area contributed by atoms with Gasteiger partial charge in [0.1, 0.15) is 0 Å². The molecule has 1 aliphatic heterocycles. The normalized spacial score (nSPS) is 19.4. The summed E-state index contributed by atoms with van der Waals surface area (Å²) in [6.45, 7) is 2.22. The van der Waals surface area contributed by atoms with E-state index in [1.807, 2.05) is 12.1 Å². The van der Waals surface area contributed by atoms with Crippen molar-refractivity contribution in [3.05, 3.63) is 71.8 Å². The van der Waals surface area contributed by atoms with Gasteiger partial charge in [-0.3, -0.25) is 0 Å². The van der Waals surface area contributed by atoms with E-state index < -0.39 is 5.54 Å². The zero-order valence-corrected chi connectivity index (χ0v) is 15.5. The van der Waals surface area contributed by atoms with Crippen LogP contribution in [0.4, 0.5) is 0 Å². The maximum absolute atomic E-state index is 5.26. The number of aliphatic imine (C=N–C) groups is 2. The lowest BCUT2D eigenvalue weighted by atomic mass is 9.81. The lowest BCUT2D eigenvalue weighted by molar-refractivity contribution is 0.593. The van der Waals surface area contributed by atoms with Crippen LogP contribution in [0.2, 0.25) is 0 Å². The highest BCUT2D eigenvalue weighted by Gasteiger charge is 2.51. The molecule has 0 spiro atoms. The van der Waals surface area contributed by atoms with Gasteiger partial charge >= 0.3 is 5.84 Å². The molecule has 0 N–H and O–H groups in total. The van der Waals surface area contributed by atoms with Crippen molar-refractivity contribution in [2.24, 2.45) is 4.99 Å². The molecule has 2 aromatic rings. The first-order valence-electron chi connectivity index (χ1n) is 9.02. The van der Waals surface area contributed by atoms with Crippen LogP contribution in [-0.4, -0.2) is 16.9 Å². The van der Waals surface area contributed by atoms with Crippen LogP contribution in [-0.2, 0) is 5.54 Å². The number of hydrogen-bond acceptors (Lipinski definition) is 3. The van der Waals surface area contributed by atoms with Crippen LogP contribution in [0.1, 0.15) is 50.2 Å². The first kappa shape index (κ1) is 17.7. The predicted molar refractivity (Wildman–Crippen MR) is 111 cm³/mol. The van der Waals surface area contributed by atoms with Gasteiger partial charge in [0.2, 0.25) is 11.3 Å². The van der Waals surface area contributed by atoms with E-state index in [0.29, 0.717) is 6.42 Å². The Balaban J connectivity index is 2.08. The lowest BCUT2D eigenvalue weighted by Gasteiger charge is -2.19. The minimum atomic E-state index is -0.494. The van der Waals surface area contributed by atoms with Crippen molar-refractivity contribution in [2.75, 3.05) is 0 Å². The van der Waals surface area contributed by atoms with Gasteiger partial charge in [-0.2, -0.15) is 0 Å². The minimum absolute atomic E-state index is 0.494. The van der Waals surface area contributed by atoms with Gasteiger partial charge in [0.05, 0.1) is 6.42 Å². The average Bonchev–Trinajstić information content (AvgIpc) is 3.03. The van der Waals surface area contributed by atoms with Crippen LogP contribution in [0.3, 0.4) is 0 Å². The summed E-state index contributed by atoms with van der Waals surface area (Å²) >= 11 is 5.26. The van der Waals surface area contributed by atoms with E-state index in [1.54, 1.807) is 5.37 Å². The zero-order chi connectivity index (χ0) is 17.5. The first-order chi connectivity index (χ1) is 12.3. The Labute approximate surface area is 155 Å².